The number of aromatic nitrogens is 2. The number of rotatable bonds is 6. The van der Waals surface area contributed by atoms with E-state index in [1.807, 2.05) is 18.3 Å². The number of nitrogens with zero attached hydrogens (tertiary/aromatic N) is 2. The third-order valence-electron chi connectivity index (χ3n) is 5.44. The first-order valence-corrected chi connectivity index (χ1v) is 9.49. The Morgan fingerprint density at radius 3 is 2.70 bits per heavy atom. The van der Waals surface area contributed by atoms with Gasteiger partial charge in [-0.2, -0.15) is 0 Å². The molecule has 1 aliphatic rings. The average molecular weight is 366 g/mol. The van der Waals surface area contributed by atoms with E-state index < -0.39 is 0 Å². The number of ether oxygens (including phenoxy) is 3. The number of pyridine rings is 1. The fourth-order valence-electron chi connectivity index (χ4n) is 3.73. The molecule has 0 bridgehead atoms. The second-order valence-corrected chi connectivity index (χ2v) is 7.10. The van der Waals surface area contributed by atoms with E-state index >= 15 is 0 Å². The lowest BCUT2D eigenvalue weighted by Crippen LogP contribution is -2.17. The molecule has 0 radical (unpaired) electrons. The fourth-order valence-corrected chi connectivity index (χ4v) is 3.73. The largest absolute Gasteiger partial charge is 0.497 e. The number of aryl methyl sites for hydroxylation is 1. The molecule has 3 aromatic rings. The van der Waals surface area contributed by atoms with Gasteiger partial charge in [0.05, 0.1) is 13.2 Å². The molecule has 1 unspecified atom stereocenters. The van der Waals surface area contributed by atoms with Crippen molar-refractivity contribution in [2.45, 2.75) is 39.3 Å². The number of benzene rings is 1. The number of hydrogen-bond donors (Lipinski definition) is 0. The van der Waals surface area contributed by atoms with E-state index in [4.69, 9.17) is 14.2 Å². The normalized spacial score (nSPS) is 16.8. The second-order valence-electron chi connectivity index (χ2n) is 7.10. The Hall–Kier alpha value is -2.53. The Morgan fingerprint density at radius 2 is 2.00 bits per heavy atom. The summed E-state index contributed by atoms with van der Waals surface area (Å²) in [6.45, 7) is 6.46. The highest BCUT2D eigenvalue weighted by Crippen LogP contribution is 2.32. The third-order valence-corrected chi connectivity index (χ3v) is 5.44. The summed E-state index contributed by atoms with van der Waals surface area (Å²) >= 11 is 0. The van der Waals surface area contributed by atoms with Crippen LogP contribution in [0.1, 0.15) is 29.7 Å². The Morgan fingerprint density at radius 1 is 1.19 bits per heavy atom. The van der Waals surface area contributed by atoms with Crippen LogP contribution in [0.4, 0.5) is 0 Å². The van der Waals surface area contributed by atoms with E-state index in [1.54, 1.807) is 7.11 Å². The monoisotopic (exact) mass is 366 g/mol. The summed E-state index contributed by atoms with van der Waals surface area (Å²) in [5, 5.41) is 1.19. The van der Waals surface area contributed by atoms with Gasteiger partial charge in [0.1, 0.15) is 17.9 Å². The van der Waals surface area contributed by atoms with Crippen LogP contribution in [0.15, 0.2) is 36.5 Å². The van der Waals surface area contributed by atoms with Crippen LogP contribution in [0.5, 0.6) is 11.6 Å². The van der Waals surface area contributed by atoms with Crippen molar-refractivity contribution in [3.8, 4) is 11.6 Å². The Kier molecular flexibility index (Phi) is 5.03. The molecule has 0 N–H and O–H groups in total. The predicted octanol–water partition coefficient (Wildman–Crippen LogP) is 4.27. The molecule has 5 heteroatoms. The highest BCUT2D eigenvalue weighted by Gasteiger charge is 2.20. The van der Waals surface area contributed by atoms with Crippen molar-refractivity contribution in [3.63, 3.8) is 0 Å². The van der Waals surface area contributed by atoms with Gasteiger partial charge in [0.2, 0.25) is 5.88 Å². The first-order chi connectivity index (χ1) is 13.2. The van der Waals surface area contributed by atoms with Gasteiger partial charge >= 0.3 is 0 Å². The smallest absolute Gasteiger partial charge is 0.238 e. The predicted molar refractivity (Wildman–Crippen MR) is 106 cm³/mol. The lowest BCUT2D eigenvalue weighted by Gasteiger charge is -2.14. The minimum atomic E-state index is 0.175. The summed E-state index contributed by atoms with van der Waals surface area (Å²) in [6, 6.07) is 10.3. The SMILES string of the molecule is COc1ccc(Cn2c(C)c(C)c3ccnc(OCC4CCCO4)c32)cc1. The zero-order valence-electron chi connectivity index (χ0n) is 16.2. The summed E-state index contributed by atoms with van der Waals surface area (Å²) < 4.78 is 19.4. The van der Waals surface area contributed by atoms with Gasteiger partial charge in [-0.1, -0.05) is 12.1 Å². The molecule has 0 spiro atoms. The molecule has 0 aliphatic carbocycles. The number of fused-ring (bicyclic) bond motifs is 1. The van der Waals surface area contributed by atoms with Gasteiger partial charge in [-0.05, 0) is 56.0 Å². The van der Waals surface area contributed by atoms with E-state index in [-0.39, 0.29) is 6.10 Å². The van der Waals surface area contributed by atoms with Crippen LogP contribution in [0.3, 0.4) is 0 Å². The summed E-state index contributed by atoms with van der Waals surface area (Å²) in [5.41, 5.74) is 4.77. The van der Waals surface area contributed by atoms with E-state index in [0.717, 1.165) is 37.3 Å². The topological polar surface area (TPSA) is 45.5 Å². The van der Waals surface area contributed by atoms with Crippen LogP contribution in [0.25, 0.3) is 10.9 Å². The highest BCUT2D eigenvalue weighted by molar-refractivity contribution is 5.89. The van der Waals surface area contributed by atoms with E-state index in [1.165, 1.54) is 22.2 Å². The van der Waals surface area contributed by atoms with Crippen LogP contribution >= 0.6 is 0 Å². The third kappa shape index (κ3) is 3.52. The molecule has 2 aromatic heterocycles. The van der Waals surface area contributed by atoms with Gasteiger partial charge in [0.15, 0.2) is 0 Å². The zero-order valence-corrected chi connectivity index (χ0v) is 16.2. The summed E-state index contributed by atoms with van der Waals surface area (Å²) in [5.74, 6) is 1.55. The van der Waals surface area contributed by atoms with Gasteiger partial charge in [-0.25, -0.2) is 4.98 Å². The van der Waals surface area contributed by atoms with Crippen molar-refractivity contribution in [2.24, 2.45) is 0 Å². The summed E-state index contributed by atoms with van der Waals surface area (Å²) in [6.07, 6.45) is 4.17. The van der Waals surface area contributed by atoms with Gasteiger partial charge in [-0.3, -0.25) is 0 Å². The molecule has 5 nitrogen and oxygen atoms in total. The minimum Gasteiger partial charge on any atom is -0.497 e. The van der Waals surface area contributed by atoms with E-state index in [2.05, 4.69) is 41.6 Å². The van der Waals surface area contributed by atoms with Crippen LogP contribution in [0, 0.1) is 13.8 Å². The second kappa shape index (κ2) is 7.61. The molecular weight excluding hydrogens is 340 g/mol. The quantitative estimate of drug-likeness (QED) is 0.654. The van der Waals surface area contributed by atoms with Crippen LogP contribution in [-0.2, 0) is 11.3 Å². The van der Waals surface area contributed by atoms with Crippen molar-refractivity contribution < 1.29 is 14.2 Å². The fraction of sp³-hybridized carbons (Fsp3) is 0.409. The van der Waals surface area contributed by atoms with Crippen molar-refractivity contribution in [2.75, 3.05) is 20.3 Å². The Bertz CT molecular complexity index is 925. The molecule has 1 saturated heterocycles. The van der Waals surface area contributed by atoms with Crippen LogP contribution in [-0.4, -0.2) is 36.0 Å². The van der Waals surface area contributed by atoms with Gasteiger partial charge in [-0.15, -0.1) is 0 Å². The minimum absolute atomic E-state index is 0.175. The molecule has 1 aliphatic heterocycles. The Balaban J connectivity index is 1.68. The molecule has 1 atom stereocenters. The maximum Gasteiger partial charge on any atom is 0.238 e. The maximum atomic E-state index is 6.11. The molecule has 1 fully saturated rings. The zero-order chi connectivity index (χ0) is 18.8. The summed E-state index contributed by atoms with van der Waals surface area (Å²) in [7, 11) is 1.69. The molecule has 0 saturated carbocycles. The van der Waals surface area contributed by atoms with E-state index in [9.17, 15) is 0 Å². The number of hydrogen-bond acceptors (Lipinski definition) is 4. The lowest BCUT2D eigenvalue weighted by molar-refractivity contribution is 0.0668. The average Bonchev–Trinajstić information content (AvgIpc) is 3.30. The standard InChI is InChI=1S/C22H26N2O3/c1-15-16(2)24(13-17-6-8-18(25-3)9-7-17)21-20(15)10-11-23-22(21)27-14-19-5-4-12-26-19/h6-11,19H,4-5,12-14H2,1-3H3. The van der Waals surface area contributed by atoms with Crippen molar-refractivity contribution >= 4 is 10.9 Å². The van der Waals surface area contributed by atoms with Gasteiger partial charge in [0, 0.05) is 30.4 Å². The molecule has 3 heterocycles. The molecule has 0 amide bonds. The Labute approximate surface area is 159 Å². The molecular formula is C22H26N2O3. The maximum absolute atomic E-state index is 6.11. The van der Waals surface area contributed by atoms with Crippen molar-refractivity contribution in [3.05, 3.63) is 53.3 Å². The highest BCUT2D eigenvalue weighted by atomic mass is 16.5. The molecule has 4 rings (SSSR count). The number of methoxy groups -OCH3 is 1. The first-order valence-electron chi connectivity index (χ1n) is 9.49. The molecule has 27 heavy (non-hydrogen) atoms. The van der Waals surface area contributed by atoms with E-state index in [0.29, 0.717) is 12.5 Å². The van der Waals surface area contributed by atoms with Gasteiger partial charge in [0.25, 0.3) is 0 Å². The van der Waals surface area contributed by atoms with Crippen LogP contribution in [0.2, 0.25) is 0 Å². The lowest BCUT2D eigenvalue weighted by atomic mass is 10.2. The van der Waals surface area contributed by atoms with Gasteiger partial charge < -0.3 is 18.8 Å². The molecule has 1 aromatic carbocycles. The van der Waals surface area contributed by atoms with Crippen molar-refractivity contribution in [1.82, 2.24) is 9.55 Å². The molecule has 142 valence electrons. The van der Waals surface area contributed by atoms with Crippen molar-refractivity contribution in [1.29, 1.82) is 0 Å². The first kappa shape index (κ1) is 17.9. The van der Waals surface area contributed by atoms with Crippen LogP contribution < -0.4 is 9.47 Å². The summed E-state index contributed by atoms with van der Waals surface area (Å²) in [4.78, 5) is 4.53.